The maximum Gasteiger partial charge on any atom is 0.295 e. The first-order valence-corrected chi connectivity index (χ1v) is 11.8. The maximum absolute atomic E-state index is 13.2. The zero-order chi connectivity index (χ0) is 25.1. The van der Waals surface area contributed by atoms with Crippen LogP contribution in [-0.4, -0.2) is 57.9 Å². The van der Waals surface area contributed by atoms with Crippen molar-refractivity contribution < 1.29 is 24.2 Å². The molecule has 35 heavy (non-hydrogen) atoms. The van der Waals surface area contributed by atoms with Crippen molar-refractivity contribution in [1.29, 1.82) is 0 Å². The molecule has 1 atom stereocenters. The molecule has 8 nitrogen and oxygen atoms in total. The van der Waals surface area contributed by atoms with Crippen molar-refractivity contribution in [2.24, 2.45) is 0 Å². The molecule has 0 radical (unpaired) electrons. The number of aliphatic hydroxyl groups excluding tert-OH is 1. The summed E-state index contributed by atoms with van der Waals surface area (Å²) in [5.41, 5.74) is 3.36. The third kappa shape index (κ3) is 4.53. The molecule has 0 bridgehead atoms. The van der Waals surface area contributed by atoms with Gasteiger partial charge in [0.15, 0.2) is 5.76 Å². The molecule has 1 fully saturated rings. The summed E-state index contributed by atoms with van der Waals surface area (Å²) in [5, 5.41) is 11.4. The number of aliphatic hydroxyl groups is 1. The van der Waals surface area contributed by atoms with Crippen molar-refractivity contribution in [2.45, 2.75) is 39.7 Å². The number of carbonyl (C=O) groups is 2. The van der Waals surface area contributed by atoms with Crippen LogP contribution < -0.4 is 4.74 Å². The third-order valence-electron chi connectivity index (χ3n) is 6.26. The van der Waals surface area contributed by atoms with E-state index >= 15 is 0 Å². The third-order valence-corrected chi connectivity index (χ3v) is 6.26. The molecule has 1 aromatic carbocycles. The molecule has 3 heterocycles. The van der Waals surface area contributed by atoms with E-state index < -0.39 is 17.7 Å². The lowest BCUT2D eigenvalue weighted by Gasteiger charge is -2.25. The number of Topliss-reactive ketones (excluding diaryl/α,β-unsaturated/α-hetero) is 1. The highest BCUT2D eigenvalue weighted by Gasteiger charge is 2.46. The van der Waals surface area contributed by atoms with Gasteiger partial charge in [-0.05, 0) is 56.0 Å². The molecule has 1 saturated heterocycles. The average molecular weight is 478 g/mol. The van der Waals surface area contributed by atoms with Gasteiger partial charge >= 0.3 is 0 Å². The fraction of sp³-hybridized carbons (Fsp3) is 0.370. The molecule has 1 amide bonds. The summed E-state index contributed by atoms with van der Waals surface area (Å²) in [6.45, 7) is 7.16. The van der Waals surface area contributed by atoms with Crippen LogP contribution in [0.25, 0.3) is 11.4 Å². The molecule has 1 N–H and O–H groups in total. The summed E-state index contributed by atoms with van der Waals surface area (Å²) >= 11 is 0. The quantitative estimate of drug-likeness (QED) is 0.215. The van der Waals surface area contributed by atoms with Crippen LogP contribution in [0, 0.1) is 13.8 Å². The maximum atomic E-state index is 13.2. The van der Waals surface area contributed by atoms with Crippen LogP contribution in [0.3, 0.4) is 0 Å². The minimum Gasteiger partial charge on any atom is -0.505 e. The highest BCUT2D eigenvalue weighted by atomic mass is 16.5. The highest BCUT2D eigenvalue weighted by molar-refractivity contribution is 6.46. The lowest BCUT2D eigenvalue weighted by Crippen LogP contribution is -2.31. The Balaban J connectivity index is 1.83. The number of hydrogen-bond donors (Lipinski definition) is 1. The molecule has 4 rings (SSSR count). The second-order valence-electron chi connectivity index (χ2n) is 8.69. The summed E-state index contributed by atoms with van der Waals surface area (Å²) in [6.07, 6.45) is 3.31. The monoisotopic (exact) mass is 477 g/mol. The number of methoxy groups -OCH3 is 1. The second-order valence-corrected chi connectivity index (χ2v) is 8.69. The topological polar surface area (TPSA) is 93.4 Å². The number of amides is 1. The number of ketones is 1. The van der Waals surface area contributed by atoms with Gasteiger partial charge < -0.3 is 23.9 Å². The Morgan fingerprint density at radius 1 is 1.11 bits per heavy atom. The zero-order valence-electron chi connectivity index (χ0n) is 20.6. The van der Waals surface area contributed by atoms with Crippen molar-refractivity contribution in [3.8, 4) is 5.75 Å². The largest absolute Gasteiger partial charge is 0.505 e. The number of aryl methyl sites for hydroxylation is 2. The normalized spacial score (nSPS) is 17.5. The van der Waals surface area contributed by atoms with Gasteiger partial charge in [0.1, 0.15) is 17.1 Å². The van der Waals surface area contributed by atoms with Crippen LogP contribution in [0.2, 0.25) is 0 Å². The number of ether oxygens (including phenoxy) is 2. The first-order chi connectivity index (χ1) is 16.9. The van der Waals surface area contributed by atoms with Gasteiger partial charge in [-0.15, -0.1) is 0 Å². The fourth-order valence-electron chi connectivity index (χ4n) is 4.48. The van der Waals surface area contributed by atoms with E-state index in [4.69, 9.17) is 9.47 Å². The molecule has 0 aliphatic carbocycles. The SMILES string of the molecule is CCCOc1ccc(C2C(=C(O)c3nc4c(C)cccn4c3C)C(=O)C(=O)N2CCCOC)cc1. The molecule has 0 saturated carbocycles. The number of likely N-dealkylation sites (tertiary alicyclic amines) is 1. The predicted molar refractivity (Wildman–Crippen MR) is 132 cm³/mol. The van der Waals surface area contributed by atoms with E-state index in [0.29, 0.717) is 54.5 Å². The first kappa shape index (κ1) is 24.5. The van der Waals surface area contributed by atoms with Crippen LogP contribution in [0.15, 0.2) is 48.2 Å². The van der Waals surface area contributed by atoms with Gasteiger partial charge in [0.25, 0.3) is 11.7 Å². The number of pyridine rings is 1. The molecular weight excluding hydrogens is 446 g/mol. The Labute approximate surface area is 204 Å². The van der Waals surface area contributed by atoms with Crippen LogP contribution in [0.4, 0.5) is 0 Å². The Morgan fingerprint density at radius 2 is 1.86 bits per heavy atom. The van der Waals surface area contributed by atoms with Gasteiger partial charge in [0.05, 0.1) is 23.9 Å². The van der Waals surface area contributed by atoms with Gasteiger partial charge in [-0.2, -0.15) is 0 Å². The standard InChI is InChI=1S/C27H31N3O5/c1-5-15-35-20-11-9-19(10-12-20)23-21(25(32)27(33)30(23)14-7-16-34-4)24(31)22-18(3)29-13-6-8-17(2)26(29)28-22/h6,8-13,23,31H,5,7,14-16H2,1-4H3. The molecule has 2 aromatic heterocycles. The zero-order valence-corrected chi connectivity index (χ0v) is 20.6. The van der Waals surface area contributed by atoms with E-state index in [9.17, 15) is 14.7 Å². The number of fused-ring (bicyclic) bond motifs is 1. The first-order valence-electron chi connectivity index (χ1n) is 11.8. The van der Waals surface area contributed by atoms with Crippen molar-refractivity contribution in [3.05, 3.63) is 70.7 Å². The second kappa shape index (κ2) is 10.3. The number of benzene rings is 1. The minimum atomic E-state index is -0.739. The Morgan fingerprint density at radius 3 is 2.51 bits per heavy atom. The van der Waals surface area contributed by atoms with Gasteiger partial charge in [0.2, 0.25) is 0 Å². The number of hydrogen-bond acceptors (Lipinski definition) is 6. The number of aromatic nitrogens is 2. The highest BCUT2D eigenvalue weighted by Crippen LogP contribution is 2.40. The lowest BCUT2D eigenvalue weighted by molar-refractivity contribution is -0.140. The average Bonchev–Trinajstić information content (AvgIpc) is 3.33. The van der Waals surface area contributed by atoms with Gasteiger partial charge in [0, 0.05) is 26.5 Å². The van der Waals surface area contributed by atoms with Crippen LogP contribution in [-0.2, 0) is 14.3 Å². The lowest BCUT2D eigenvalue weighted by atomic mass is 9.96. The van der Waals surface area contributed by atoms with Crippen molar-refractivity contribution >= 4 is 23.1 Å². The van der Waals surface area contributed by atoms with E-state index in [2.05, 4.69) is 4.98 Å². The summed E-state index contributed by atoms with van der Waals surface area (Å²) in [4.78, 5) is 32.5. The van der Waals surface area contributed by atoms with E-state index in [-0.39, 0.29) is 11.3 Å². The smallest absolute Gasteiger partial charge is 0.295 e. The summed E-state index contributed by atoms with van der Waals surface area (Å²) in [5.74, 6) is -0.922. The number of nitrogens with zero attached hydrogens (tertiary/aromatic N) is 3. The summed E-state index contributed by atoms with van der Waals surface area (Å²) in [7, 11) is 1.59. The van der Waals surface area contributed by atoms with Gasteiger partial charge in [-0.1, -0.05) is 25.1 Å². The fourth-order valence-corrected chi connectivity index (χ4v) is 4.48. The minimum absolute atomic E-state index is 0.0406. The van der Waals surface area contributed by atoms with Gasteiger partial charge in [-0.3, -0.25) is 9.59 Å². The molecule has 1 unspecified atom stereocenters. The van der Waals surface area contributed by atoms with Crippen LogP contribution in [0.5, 0.6) is 5.75 Å². The molecule has 8 heteroatoms. The number of carbonyl (C=O) groups excluding carboxylic acids is 2. The van der Waals surface area contributed by atoms with Crippen molar-refractivity contribution in [2.75, 3.05) is 26.9 Å². The van der Waals surface area contributed by atoms with E-state index in [1.807, 2.05) is 67.8 Å². The summed E-state index contributed by atoms with van der Waals surface area (Å²) in [6, 6.07) is 10.4. The molecule has 3 aromatic rings. The molecule has 184 valence electrons. The summed E-state index contributed by atoms with van der Waals surface area (Å²) < 4.78 is 12.7. The molecular formula is C27H31N3O5. The number of rotatable bonds is 9. The molecule has 0 spiro atoms. The van der Waals surface area contributed by atoms with Gasteiger partial charge in [-0.25, -0.2) is 4.98 Å². The number of imidazole rings is 1. The predicted octanol–water partition coefficient (Wildman–Crippen LogP) is 4.20. The van der Waals surface area contributed by atoms with Crippen molar-refractivity contribution in [1.82, 2.24) is 14.3 Å². The van der Waals surface area contributed by atoms with Crippen LogP contribution >= 0.6 is 0 Å². The Kier molecular flexibility index (Phi) is 7.21. The molecule has 1 aliphatic rings. The molecule has 1 aliphatic heterocycles. The van der Waals surface area contributed by atoms with Crippen LogP contribution in [0.1, 0.15) is 48.3 Å². The van der Waals surface area contributed by atoms with Crippen molar-refractivity contribution in [3.63, 3.8) is 0 Å². The Bertz CT molecular complexity index is 1280. The van der Waals surface area contributed by atoms with E-state index in [1.165, 1.54) is 4.90 Å². The van der Waals surface area contributed by atoms with E-state index in [0.717, 1.165) is 12.0 Å². The van der Waals surface area contributed by atoms with E-state index in [1.54, 1.807) is 7.11 Å². The Hall–Kier alpha value is -3.65.